The Labute approximate surface area is 178 Å². The maximum atomic E-state index is 12.7. The van der Waals surface area contributed by atoms with Gasteiger partial charge in [0.25, 0.3) is 0 Å². The SMILES string of the molecule is CC(C)n1nc(-c2cnc(N)c(OC(F)(F)F)c2)cc1[C@H]1CC2C[C@@H]1CN2C1COC1. The first kappa shape index (κ1) is 20.6. The lowest BCUT2D eigenvalue weighted by atomic mass is 9.90. The van der Waals surface area contributed by atoms with Crippen molar-refractivity contribution in [1.29, 1.82) is 0 Å². The Morgan fingerprint density at radius 2 is 1.97 bits per heavy atom. The summed E-state index contributed by atoms with van der Waals surface area (Å²) in [4.78, 5) is 6.48. The summed E-state index contributed by atoms with van der Waals surface area (Å²) in [6.45, 7) is 6.84. The number of piperidine rings is 1. The molecule has 0 radical (unpaired) electrons. The van der Waals surface area contributed by atoms with E-state index in [9.17, 15) is 13.2 Å². The maximum absolute atomic E-state index is 12.7. The summed E-state index contributed by atoms with van der Waals surface area (Å²) in [6.07, 6.45) is -1.15. The van der Waals surface area contributed by atoms with Crippen LogP contribution in [-0.4, -0.2) is 57.9 Å². The molecule has 10 heteroatoms. The Kier molecular flexibility index (Phi) is 4.89. The normalized spacial score (nSPS) is 26.6. The molecule has 3 fully saturated rings. The Hall–Kier alpha value is -2.33. The van der Waals surface area contributed by atoms with Crippen molar-refractivity contribution in [2.24, 2.45) is 5.92 Å². The van der Waals surface area contributed by atoms with Crippen LogP contribution in [0.5, 0.6) is 5.75 Å². The number of anilines is 1. The second kappa shape index (κ2) is 7.37. The fraction of sp³-hybridized carbons (Fsp3) is 0.619. The van der Waals surface area contributed by atoms with Gasteiger partial charge in [0.15, 0.2) is 11.6 Å². The lowest BCUT2D eigenvalue weighted by Crippen LogP contribution is -2.52. The Balaban J connectivity index is 1.43. The van der Waals surface area contributed by atoms with Crippen molar-refractivity contribution in [3.63, 3.8) is 0 Å². The molecule has 7 nitrogen and oxygen atoms in total. The first-order chi connectivity index (χ1) is 14.7. The molecule has 5 rings (SSSR count). The third-order valence-electron chi connectivity index (χ3n) is 6.71. The van der Waals surface area contributed by atoms with Crippen LogP contribution in [0.15, 0.2) is 18.3 Å². The number of ether oxygens (including phenoxy) is 2. The highest BCUT2D eigenvalue weighted by Crippen LogP contribution is 2.49. The van der Waals surface area contributed by atoms with E-state index >= 15 is 0 Å². The summed E-state index contributed by atoms with van der Waals surface area (Å²) in [5, 5.41) is 4.72. The molecule has 2 saturated heterocycles. The number of likely N-dealkylation sites (tertiary alicyclic amines) is 1. The molecule has 31 heavy (non-hydrogen) atoms. The van der Waals surface area contributed by atoms with Gasteiger partial charge in [-0.2, -0.15) is 5.10 Å². The van der Waals surface area contributed by atoms with Crippen molar-refractivity contribution in [1.82, 2.24) is 19.7 Å². The van der Waals surface area contributed by atoms with Gasteiger partial charge in [-0.05, 0) is 44.7 Å². The largest absolute Gasteiger partial charge is 0.573 e. The number of nitrogen functional groups attached to an aromatic ring is 1. The van der Waals surface area contributed by atoms with Crippen LogP contribution < -0.4 is 10.5 Å². The number of aromatic nitrogens is 3. The molecule has 0 amide bonds. The van der Waals surface area contributed by atoms with Gasteiger partial charge in [-0.1, -0.05) is 0 Å². The first-order valence-electron chi connectivity index (χ1n) is 10.6. The summed E-state index contributed by atoms with van der Waals surface area (Å²) >= 11 is 0. The van der Waals surface area contributed by atoms with E-state index in [4.69, 9.17) is 15.6 Å². The lowest BCUT2D eigenvalue weighted by Gasteiger charge is -2.41. The maximum Gasteiger partial charge on any atom is 0.573 e. The van der Waals surface area contributed by atoms with E-state index in [1.807, 2.05) is 10.7 Å². The highest BCUT2D eigenvalue weighted by Gasteiger charge is 2.49. The topological polar surface area (TPSA) is 78.4 Å². The van der Waals surface area contributed by atoms with E-state index in [0.717, 1.165) is 31.9 Å². The van der Waals surface area contributed by atoms with Crippen LogP contribution in [0, 0.1) is 5.92 Å². The number of nitrogens with two attached hydrogens (primary N) is 1. The average Bonchev–Trinajstić information content (AvgIpc) is 3.34. The predicted octanol–water partition coefficient (Wildman–Crippen LogP) is 3.58. The quantitative estimate of drug-likeness (QED) is 0.770. The zero-order valence-corrected chi connectivity index (χ0v) is 17.5. The van der Waals surface area contributed by atoms with E-state index in [2.05, 4.69) is 28.5 Å². The lowest BCUT2D eigenvalue weighted by molar-refractivity contribution is -0.274. The molecular formula is C21H26F3N5O2. The molecule has 0 aromatic carbocycles. The number of hydrogen-bond acceptors (Lipinski definition) is 6. The molecule has 1 unspecified atom stereocenters. The van der Waals surface area contributed by atoms with E-state index in [0.29, 0.717) is 35.2 Å². The van der Waals surface area contributed by atoms with Crippen molar-refractivity contribution < 1.29 is 22.6 Å². The third kappa shape index (κ3) is 3.76. The van der Waals surface area contributed by atoms with Crippen molar-refractivity contribution in [2.75, 3.05) is 25.5 Å². The molecule has 2 N–H and O–H groups in total. The Bertz CT molecular complexity index is 972. The number of alkyl halides is 3. The minimum atomic E-state index is -4.84. The van der Waals surface area contributed by atoms with Gasteiger partial charge in [-0.15, -0.1) is 13.2 Å². The van der Waals surface area contributed by atoms with Crippen LogP contribution in [-0.2, 0) is 4.74 Å². The van der Waals surface area contributed by atoms with Gasteiger partial charge >= 0.3 is 6.36 Å². The van der Waals surface area contributed by atoms with Crippen molar-refractivity contribution in [3.05, 3.63) is 24.0 Å². The molecular weight excluding hydrogens is 411 g/mol. The van der Waals surface area contributed by atoms with Crippen LogP contribution in [0.3, 0.4) is 0 Å². The number of fused-ring (bicyclic) bond motifs is 2. The van der Waals surface area contributed by atoms with Crippen LogP contribution in [0.4, 0.5) is 19.0 Å². The standard InChI is InChI=1S/C21H26F3N5O2/c1-11(2)29-18(16-5-14-3-13(16)8-28(14)15-9-30-10-15)6-17(27-29)12-4-19(20(25)26-7-12)31-21(22,23)24/h4,6-7,11,13-16H,3,5,8-10H2,1-2H3,(H2,25,26)/t13-,14?,16+/m1/s1. The predicted molar refractivity (Wildman–Crippen MR) is 108 cm³/mol. The van der Waals surface area contributed by atoms with Gasteiger partial charge in [0.1, 0.15) is 0 Å². The fourth-order valence-electron chi connectivity index (χ4n) is 5.25. The second-order valence-corrected chi connectivity index (χ2v) is 9.03. The highest BCUT2D eigenvalue weighted by atomic mass is 19.4. The van der Waals surface area contributed by atoms with Gasteiger partial charge in [0, 0.05) is 42.0 Å². The molecule has 2 aromatic rings. The van der Waals surface area contributed by atoms with Gasteiger partial charge < -0.3 is 15.2 Å². The molecule has 1 aliphatic carbocycles. The molecule has 2 aromatic heterocycles. The summed E-state index contributed by atoms with van der Waals surface area (Å²) in [5.74, 6) is 0.126. The Morgan fingerprint density at radius 1 is 1.19 bits per heavy atom. The van der Waals surface area contributed by atoms with Gasteiger partial charge in [0.2, 0.25) is 0 Å². The van der Waals surface area contributed by atoms with Gasteiger partial charge in [-0.25, -0.2) is 4.98 Å². The number of pyridine rings is 1. The highest BCUT2D eigenvalue weighted by molar-refractivity contribution is 5.64. The average molecular weight is 437 g/mol. The van der Waals surface area contributed by atoms with E-state index in [1.165, 1.54) is 18.7 Å². The summed E-state index contributed by atoms with van der Waals surface area (Å²) in [6, 6.07) is 4.49. The van der Waals surface area contributed by atoms with Gasteiger partial charge in [-0.3, -0.25) is 9.58 Å². The van der Waals surface area contributed by atoms with Crippen LogP contribution in [0.2, 0.25) is 0 Å². The second-order valence-electron chi connectivity index (χ2n) is 9.03. The zero-order chi connectivity index (χ0) is 21.9. The van der Waals surface area contributed by atoms with Crippen LogP contribution in [0.1, 0.15) is 44.3 Å². The van der Waals surface area contributed by atoms with Crippen molar-refractivity contribution in [2.45, 2.75) is 57.1 Å². The number of nitrogens with zero attached hydrogens (tertiary/aromatic N) is 4. The number of halogens is 3. The number of rotatable bonds is 5. The summed E-state index contributed by atoms with van der Waals surface area (Å²) < 4.78 is 49.5. The monoisotopic (exact) mass is 437 g/mol. The van der Waals surface area contributed by atoms with Gasteiger partial charge in [0.05, 0.1) is 24.9 Å². The molecule has 168 valence electrons. The van der Waals surface area contributed by atoms with Crippen molar-refractivity contribution in [3.8, 4) is 17.0 Å². The minimum Gasteiger partial charge on any atom is -0.402 e. The first-order valence-corrected chi connectivity index (χ1v) is 10.6. The molecule has 4 heterocycles. The third-order valence-corrected chi connectivity index (χ3v) is 6.71. The summed E-state index contributed by atoms with van der Waals surface area (Å²) in [7, 11) is 0. The molecule has 1 saturated carbocycles. The van der Waals surface area contributed by atoms with E-state index < -0.39 is 12.1 Å². The Morgan fingerprint density at radius 3 is 2.55 bits per heavy atom. The van der Waals surface area contributed by atoms with Crippen molar-refractivity contribution >= 4 is 5.82 Å². The molecule has 3 aliphatic rings. The summed E-state index contributed by atoms with van der Waals surface area (Å²) in [5.41, 5.74) is 7.74. The molecule has 0 spiro atoms. The van der Waals surface area contributed by atoms with Crippen LogP contribution >= 0.6 is 0 Å². The smallest absolute Gasteiger partial charge is 0.402 e. The molecule has 2 bridgehead atoms. The van der Waals surface area contributed by atoms with E-state index in [-0.39, 0.29) is 11.9 Å². The zero-order valence-electron chi connectivity index (χ0n) is 17.5. The molecule has 2 aliphatic heterocycles. The number of hydrogen-bond donors (Lipinski definition) is 1. The fourth-order valence-corrected chi connectivity index (χ4v) is 5.25. The minimum absolute atomic E-state index is 0.131. The molecule has 3 atom stereocenters. The van der Waals surface area contributed by atoms with Crippen LogP contribution in [0.25, 0.3) is 11.3 Å². The van der Waals surface area contributed by atoms with E-state index in [1.54, 1.807) is 0 Å².